The van der Waals surface area contributed by atoms with Crippen LogP contribution in [0.2, 0.25) is 0 Å². The SMILES string of the molecule is CCN(C)C(=O)CNC(=O)c1cc(F)c([N+](=O)[O-])cc1F. The highest BCUT2D eigenvalue weighted by molar-refractivity contribution is 5.96. The van der Waals surface area contributed by atoms with Gasteiger partial charge >= 0.3 is 5.69 Å². The maximum atomic E-state index is 13.6. The molecule has 2 amide bonds. The summed E-state index contributed by atoms with van der Waals surface area (Å²) >= 11 is 0. The lowest BCUT2D eigenvalue weighted by molar-refractivity contribution is -0.387. The quantitative estimate of drug-likeness (QED) is 0.650. The normalized spacial score (nSPS) is 10.1. The number of nitro groups is 1. The molecule has 0 unspecified atom stereocenters. The van der Waals surface area contributed by atoms with Gasteiger partial charge in [0.1, 0.15) is 5.82 Å². The zero-order valence-corrected chi connectivity index (χ0v) is 11.4. The summed E-state index contributed by atoms with van der Waals surface area (Å²) in [5, 5.41) is 12.6. The molecule has 7 nitrogen and oxygen atoms in total. The third-order valence-corrected chi connectivity index (χ3v) is 2.78. The second kappa shape index (κ2) is 6.73. The molecular formula is C12H13F2N3O4. The van der Waals surface area contributed by atoms with Crippen LogP contribution in [-0.4, -0.2) is 41.8 Å². The van der Waals surface area contributed by atoms with Crippen LogP contribution in [0.3, 0.4) is 0 Å². The van der Waals surface area contributed by atoms with Crippen LogP contribution in [0.15, 0.2) is 12.1 Å². The van der Waals surface area contributed by atoms with E-state index in [4.69, 9.17) is 0 Å². The third-order valence-electron chi connectivity index (χ3n) is 2.78. The van der Waals surface area contributed by atoms with Crippen molar-refractivity contribution in [1.29, 1.82) is 0 Å². The van der Waals surface area contributed by atoms with Gasteiger partial charge in [-0.25, -0.2) is 4.39 Å². The largest absolute Gasteiger partial charge is 0.345 e. The Hall–Kier alpha value is -2.58. The minimum absolute atomic E-state index is 0.324. The number of amides is 2. The Kier molecular flexibility index (Phi) is 5.28. The molecule has 0 aliphatic rings. The molecule has 0 saturated heterocycles. The standard InChI is InChI=1S/C12H13F2N3O4/c1-3-16(2)11(18)6-15-12(19)7-4-9(14)10(17(20)21)5-8(7)13/h4-5H,3,6H2,1-2H3,(H,15,19). The number of nitrogens with one attached hydrogen (secondary N) is 1. The first-order valence-electron chi connectivity index (χ1n) is 5.93. The van der Waals surface area contributed by atoms with E-state index >= 15 is 0 Å². The number of nitrogens with zero attached hydrogens (tertiary/aromatic N) is 2. The Labute approximate surface area is 118 Å². The Balaban J connectivity index is 2.87. The van der Waals surface area contributed by atoms with Gasteiger partial charge in [-0.05, 0) is 13.0 Å². The van der Waals surface area contributed by atoms with Crippen molar-refractivity contribution < 1.29 is 23.3 Å². The van der Waals surface area contributed by atoms with Gasteiger partial charge in [0.15, 0.2) is 0 Å². The summed E-state index contributed by atoms with van der Waals surface area (Å²) < 4.78 is 26.9. The molecule has 0 aliphatic carbocycles. The summed E-state index contributed by atoms with van der Waals surface area (Å²) in [7, 11) is 1.51. The second-order valence-corrected chi connectivity index (χ2v) is 4.13. The van der Waals surface area contributed by atoms with Crippen molar-refractivity contribution in [3.63, 3.8) is 0 Å². The molecule has 1 aromatic rings. The number of likely N-dealkylation sites (N-methyl/N-ethyl adjacent to an activating group) is 1. The minimum atomic E-state index is -1.33. The zero-order chi connectivity index (χ0) is 16.2. The Morgan fingerprint density at radius 2 is 1.95 bits per heavy atom. The summed E-state index contributed by atoms with van der Waals surface area (Å²) in [4.78, 5) is 33.8. The van der Waals surface area contributed by atoms with Gasteiger partial charge in [0.05, 0.1) is 23.1 Å². The Morgan fingerprint density at radius 1 is 1.33 bits per heavy atom. The van der Waals surface area contributed by atoms with Crippen molar-refractivity contribution in [2.45, 2.75) is 6.92 Å². The van der Waals surface area contributed by atoms with Gasteiger partial charge in [0.2, 0.25) is 11.7 Å². The van der Waals surface area contributed by atoms with Crippen molar-refractivity contribution in [2.24, 2.45) is 0 Å². The molecule has 0 bridgehead atoms. The van der Waals surface area contributed by atoms with Crippen LogP contribution in [0.5, 0.6) is 0 Å². The summed E-state index contributed by atoms with van der Waals surface area (Å²) in [6, 6.07) is 0.751. The first-order valence-corrected chi connectivity index (χ1v) is 5.93. The lowest BCUT2D eigenvalue weighted by atomic mass is 10.1. The van der Waals surface area contributed by atoms with Crippen molar-refractivity contribution >= 4 is 17.5 Å². The first-order chi connectivity index (χ1) is 9.77. The molecule has 0 aliphatic heterocycles. The fraction of sp³-hybridized carbons (Fsp3) is 0.333. The van der Waals surface area contributed by atoms with Crippen LogP contribution in [0.25, 0.3) is 0 Å². The molecule has 1 N–H and O–H groups in total. The van der Waals surface area contributed by atoms with Crippen molar-refractivity contribution in [3.8, 4) is 0 Å². The second-order valence-electron chi connectivity index (χ2n) is 4.13. The predicted molar refractivity (Wildman–Crippen MR) is 68.7 cm³/mol. The molecule has 0 aromatic heterocycles. The molecule has 1 aromatic carbocycles. The van der Waals surface area contributed by atoms with Crippen LogP contribution < -0.4 is 5.32 Å². The van der Waals surface area contributed by atoms with E-state index in [-0.39, 0.29) is 6.54 Å². The maximum Gasteiger partial charge on any atom is 0.307 e. The van der Waals surface area contributed by atoms with Crippen LogP contribution in [0.4, 0.5) is 14.5 Å². The summed E-state index contributed by atoms with van der Waals surface area (Å²) in [5.74, 6) is -4.01. The molecule has 0 fully saturated rings. The molecule has 21 heavy (non-hydrogen) atoms. The van der Waals surface area contributed by atoms with E-state index in [1.807, 2.05) is 0 Å². The van der Waals surface area contributed by atoms with Crippen LogP contribution in [0.1, 0.15) is 17.3 Å². The number of nitro benzene ring substituents is 1. The highest BCUT2D eigenvalue weighted by Crippen LogP contribution is 2.21. The lowest BCUT2D eigenvalue weighted by Gasteiger charge is -2.14. The molecule has 9 heteroatoms. The average molecular weight is 301 g/mol. The highest BCUT2D eigenvalue weighted by Gasteiger charge is 2.22. The van der Waals surface area contributed by atoms with Gasteiger partial charge in [0, 0.05) is 13.6 Å². The van der Waals surface area contributed by atoms with Gasteiger partial charge in [0.25, 0.3) is 5.91 Å². The van der Waals surface area contributed by atoms with E-state index in [0.29, 0.717) is 18.7 Å². The highest BCUT2D eigenvalue weighted by atomic mass is 19.1. The van der Waals surface area contributed by atoms with E-state index in [0.717, 1.165) is 0 Å². The average Bonchev–Trinajstić information content (AvgIpc) is 2.44. The smallest absolute Gasteiger partial charge is 0.307 e. The molecule has 0 heterocycles. The maximum absolute atomic E-state index is 13.6. The summed E-state index contributed by atoms with van der Waals surface area (Å²) in [5.41, 5.74) is -1.77. The zero-order valence-electron chi connectivity index (χ0n) is 11.4. The monoisotopic (exact) mass is 301 g/mol. The number of halogens is 2. The number of hydrogen-bond acceptors (Lipinski definition) is 4. The van der Waals surface area contributed by atoms with E-state index in [1.165, 1.54) is 11.9 Å². The number of benzene rings is 1. The van der Waals surface area contributed by atoms with Crippen molar-refractivity contribution in [2.75, 3.05) is 20.1 Å². The van der Waals surface area contributed by atoms with E-state index < -0.39 is 39.6 Å². The van der Waals surface area contributed by atoms with Crippen molar-refractivity contribution in [1.82, 2.24) is 10.2 Å². The van der Waals surface area contributed by atoms with E-state index in [9.17, 15) is 28.5 Å². The molecule has 0 saturated carbocycles. The molecular weight excluding hydrogens is 288 g/mol. The topological polar surface area (TPSA) is 92.6 Å². The van der Waals surface area contributed by atoms with Gasteiger partial charge < -0.3 is 10.2 Å². The minimum Gasteiger partial charge on any atom is -0.345 e. The Morgan fingerprint density at radius 3 is 2.48 bits per heavy atom. The summed E-state index contributed by atoms with van der Waals surface area (Å²) in [6.07, 6.45) is 0. The summed E-state index contributed by atoms with van der Waals surface area (Å²) in [6.45, 7) is 1.77. The van der Waals surface area contributed by atoms with Gasteiger partial charge in [-0.15, -0.1) is 0 Å². The predicted octanol–water partition coefficient (Wildman–Crippen LogP) is 1.08. The van der Waals surface area contributed by atoms with E-state index in [2.05, 4.69) is 5.32 Å². The number of carbonyl (C=O) groups excluding carboxylic acids is 2. The first kappa shape index (κ1) is 16.5. The number of rotatable bonds is 5. The van der Waals surface area contributed by atoms with Gasteiger partial charge in [-0.2, -0.15) is 4.39 Å². The molecule has 0 spiro atoms. The molecule has 0 radical (unpaired) electrons. The van der Waals surface area contributed by atoms with Crippen LogP contribution in [0, 0.1) is 21.7 Å². The molecule has 0 atom stereocenters. The van der Waals surface area contributed by atoms with Crippen molar-refractivity contribution in [3.05, 3.63) is 39.4 Å². The molecule has 1 rings (SSSR count). The fourth-order valence-electron chi connectivity index (χ4n) is 1.41. The lowest BCUT2D eigenvalue weighted by Crippen LogP contribution is -2.38. The van der Waals surface area contributed by atoms with Crippen LogP contribution >= 0.6 is 0 Å². The third kappa shape index (κ3) is 3.94. The van der Waals surface area contributed by atoms with Crippen LogP contribution in [-0.2, 0) is 4.79 Å². The van der Waals surface area contributed by atoms with Gasteiger partial charge in [-0.3, -0.25) is 19.7 Å². The Bertz CT molecular complexity index is 592. The van der Waals surface area contributed by atoms with Gasteiger partial charge in [-0.1, -0.05) is 0 Å². The molecule has 114 valence electrons. The van der Waals surface area contributed by atoms with E-state index in [1.54, 1.807) is 6.92 Å². The number of carbonyl (C=O) groups is 2. The fourth-order valence-corrected chi connectivity index (χ4v) is 1.41. The number of hydrogen-bond donors (Lipinski definition) is 1.